The molecule has 1 unspecified atom stereocenters. The molecular formula is C13H19N3O3. The van der Waals surface area contributed by atoms with Crippen LogP contribution in [0.5, 0.6) is 0 Å². The molecule has 0 amide bonds. The van der Waals surface area contributed by atoms with E-state index in [1.807, 2.05) is 11.8 Å². The van der Waals surface area contributed by atoms with Crippen molar-refractivity contribution in [1.82, 2.24) is 4.98 Å². The number of aliphatic hydroxyl groups excluding tert-OH is 1. The number of nitro groups is 1. The van der Waals surface area contributed by atoms with Gasteiger partial charge in [0.15, 0.2) is 0 Å². The summed E-state index contributed by atoms with van der Waals surface area (Å²) in [7, 11) is 0. The molecule has 1 aliphatic heterocycles. The van der Waals surface area contributed by atoms with Gasteiger partial charge in [-0.15, -0.1) is 0 Å². The first-order chi connectivity index (χ1) is 9.11. The Kier molecular flexibility index (Phi) is 4.31. The molecule has 104 valence electrons. The van der Waals surface area contributed by atoms with E-state index in [4.69, 9.17) is 5.11 Å². The van der Waals surface area contributed by atoms with E-state index in [2.05, 4.69) is 4.98 Å². The van der Waals surface area contributed by atoms with Crippen LogP contribution in [-0.2, 0) is 0 Å². The fourth-order valence-corrected chi connectivity index (χ4v) is 2.59. The molecule has 0 aliphatic carbocycles. The molecule has 1 aromatic rings. The standard InChI is InChI=1S/C13H19N3O3/c1-10-4-5-12(16(18)19)13(14-10)15-7-2-3-11(9-15)6-8-17/h4-5,11,17H,2-3,6-9H2,1H3. The lowest BCUT2D eigenvalue weighted by atomic mass is 9.95. The summed E-state index contributed by atoms with van der Waals surface area (Å²) in [5.41, 5.74) is 0.847. The maximum atomic E-state index is 11.1. The van der Waals surface area contributed by atoms with Gasteiger partial charge < -0.3 is 10.0 Å². The number of rotatable bonds is 4. The average Bonchev–Trinajstić information content (AvgIpc) is 2.39. The Morgan fingerprint density at radius 3 is 3.05 bits per heavy atom. The summed E-state index contributed by atoms with van der Waals surface area (Å²) in [5.74, 6) is 0.855. The molecule has 0 saturated carbocycles. The van der Waals surface area contributed by atoms with E-state index in [1.54, 1.807) is 6.07 Å². The molecule has 1 aliphatic rings. The Morgan fingerprint density at radius 1 is 1.58 bits per heavy atom. The third kappa shape index (κ3) is 3.20. The summed E-state index contributed by atoms with van der Waals surface area (Å²) >= 11 is 0. The van der Waals surface area contributed by atoms with Crippen molar-refractivity contribution in [1.29, 1.82) is 0 Å². The molecule has 1 N–H and O–H groups in total. The Hall–Kier alpha value is -1.69. The van der Waals surface area contributed by atoms with Crippen molar-refractivity contribution >= 4 is 11.5 Å². The molecule has 0 spiro atoms. The van der Waals surface area contributed by atoms with Gasteiger partial charge in [-0.25, -0.2) is 4.98 Å². The van der Waals surface area contributed by atoms with Gasteiger partial charge in [0.25, 0.3) is 0 Å². The van der Waals surface area contributed by atoms with E-state index < -0.39 is 0 Å². The van der Waals surface area contributed by atoms with Crippen LogP contribution in [0.1, 0.15) is 25.0 Å². The fraction of sp³-hybridized carbons (Fsp3) is 0.615. The highest BCUT2D eigenvalue weighted by Crippen LogP contribution is 2.30. The maximum Gasteiger partial charge on any atom is 0.311 e. The molecule has 2 rings (SSSR count). The highest BCUT2D eigenvalue weighted by Gasteiger charge is 2.26. The van der Waals surface area contributed by atoms with Crippen LogP contribution in [0, 0.1) is 23.0 Å². The monoisotopic (exact) mass is 265 g/mol. The number of anilines is 1. The van der Waals surface area contributed by atoms with Gasteiger partial charge in [0.05, 0.1) is 4.92 Å². The minimum Gasteiger partial charge on any atom is -0.396 e. The van der Waals surface area contributed by atoms with Crippen LogP contribution in [0.3, 0.4) is 0 Å². The molecule has 1 atom stereocenters. The van der Waals surface area contributed by atoms with Crippen molar-refractivity contribution in [2.75, 3.05) is 24.6 Å². The minimum atomic E-state index is -0.378. The van der Waals surface area contributed by atoms with Gasteiger partial charge in [-0.3, -0.25) is 10.1 Å². The van der Waals surface area contributed by atoms with Crippen molar-refractivity contribution < 1.29 is 10.0 Å². The van der Waals surface area contributed by atoms with Gasteiger partial charge in [0.2, 0.25) is 5.82 Å². The number of hydrogen-bond donors (Lipinski definition) is 1. The molecule has 0 bridgehead atoms. The second-order valence-corrected chi connectivity index (χ2v) is 5.02. The van der Waals surface area contributed by atoms with Crippen molar-refractivity contribution in [2.24, 2.45) is 5.92 Å². The maximum absolute atomic E-state index is 11.1. The van der Waals surface area contributed by atoms with Crippen LogP contribution in [0.25, 0.3) is 0 Å². The fourth-order valence-electron chi connectivity index (χ4n) is 2.59. The number of nitrogens with zero attached hydrogens (tertiary/aromatic N) is 3. The molecular weight excluding hydrogens is 246 g/mol. The van der Waals surface area contributed by atoms with Crippen molar-refractivity contribution in [3.05, 3.63) is 27.9 Å². The quantitative estimate of drug-likeness (QED) is 0.664. The van der Waals surface area contributed by atoms with E-state index in [9.17, 15) is 10.1 Å². The van der Waals surface area contributed by atoms with Gasteiger partial charge in [0, 0.05) is 31.5 Å². The topological polar surface area (TPSA) is 79.5 Å². The predicted molar refractivity (Wildman–Crippen MR) is 72.3 cm³/mol. The van der Waals surface area contributed by atoms with Crippen LogP contribution >= 0.6 is 0 Å². The van der Waals surface area contributed by atoms with Crippen LogP contribution < -0.4 is 4.90 Å². The van der Waals surface area contributed by atoms with Crippen LogP contribution in [0.15, 0.2) is 12.1 Å². The van der Waals surface area contributed by atoms with E-state index in [0.29, 0.717) is 11.7 Å². The van der Waals surface area contributed by atoms with Crippen molar-refractivity contribution in [3.8, 4) is 0 Å². The van der Waals surface area contributed by atoms with Gasteiger partial charge in [-0.05, 0) is 38.2 Å². The number of hydrogen-bond acceptors (Lipinski definition) is 5. The molecule has 6 nitrogen and oxygen atoms in total. The highest BCUT2D eigenvalue weighted by molar-refractivity contribution is 5.58. The lowest BCUT2D eigenvalue weighted by Gasteiger charge is -2.33. The number of aliphatic hydroxyl groups is 1. The summed E-state index contributed by atoms with van der Waals surface area (Å²) in [4.78, 5) is 17.0. The van der Waals surface area contributed by atoms with Gasteiger partial charge >= 0.3 is 5.69 Å². The molecule has 19 heavy (non-hydrogen) atoms. The van der Waals surface area contributed by atoms with E-state index in [-0.39, 0.29) is 17.2 Å². The largest absolute Gasteiger partial charge is 0.396 e. The molecule has 0 aromatic carbocycles. The lowest BCUT2D eigenvalue weighted by molar-refractivity contribution is -0.384. The second kappa shape index (κ2) is 5.97. The van der Waals surface area contributed by atoms with Gasteiger partial charge in [0.1, 0.15) is 0 Å². The Bertz CT molecular complexity index is 462. The zero-order valence-electron chi connectivity index (χ0n) is 11.1. The van der Waals surface area contributed by atoms with Crippen molar-refractivity contribution in [2.45, 2.75) is 26.2 Å². The lowest BCUT2D eigenvalue weighted by Crippen LogP contribution is -2.36. The number of pyridine rings is 1. The smallest absolute Gasteiger partial charge is 0.311 e. The Morgan fingerprint density at radius 2 is 2.37 bits per heavy atom. The summed E-state index contributed by atoms with van der Waals surface area (Å²) in [5, 5.41) is 20.1. The van der Waals surface area contributed by atoms with Crippen LogP contribution in [0.4, 0.5) is 11.5 Å². The zero-order chi connectivity index (χ0) is 13.8. The summed E-state index contributed by atoms with van der Waals surface area (Å²) < 4.78 is 0. The Balaban J connectivity index is 2.24. The van der Waals surface area contributed by atoms with E-state index >= 15 is 0 Å². The third-order valence-electron chi connectivity index (χ3n) is 3.55. The first-order valence-electron chi connectivity index (χ1n) is 6.59. The summed E-state index contributed by atoms with van der Waals surface area (Å²) in [6.45, 7) is 3.53. The number of piperidine rings is 1. The van der Waals surface area contributed by atoms with Gasteiger partial charge in [-0.2, -0.15) is 0 Å². The van der Waals surface area contributed by atoms with Crippen molar-refractivity contribution in [3.63, 3.8) is 0 Å². The Labute approximate surface area is 112 Å². The molecule has 1 saturated heterocycles. The summed E-state index contributed by atoms with van der Waals surface area (Å²) in [6, 6.07) is 3.18. The number of aryl methyl sites for hydroxylation is 1. The SMILES string of the molecule is Cc1ccc([N+](=O)[O-])c(N2CCCC(CCO)C2)n1. The normalized spacial score (nSPS) is 19.5. The van der Waals surface area contributed by atoms with E-state index in [1.165, 1.54) is 6.07 Å². The molecule has 1 fully saturated rings. The third-order valence-corrected chi connectivity index (χ3v) is 3.55. The first-order valence-corrected chi connectivity index (χ1v) is 6.59. The first kappa shape index (κ1) is 13.7. The number of aromatic nitrogens is 1. The average molecular weight is 265 g/mol. The molecule has 2 heterocycles. The zero-order valence-corrected chi connectivity index (χ0v) is 11.1. The second-order valence-electron chi connectivity index (χ2n) is 5.02. The minimum absolute atomic E-state index is 0.0650. The predicted octanol–water partition coefficient (Wildman–Crippen LogP) is 1.90. The van der Waals surface area contributed by atoms with Gasteiger partial charge in [-0.1, -0.05) is 0 Å². The van der Waals surface area contributed by atoms with Crippen LogP contribution in [0.2, 0.25) is 0 Å². The van der Waals surface area contributed by atoms with E-state index in [0.717, 1.165) is 38.0 Å². The molecule has 6 heteroatoms. The highest BCUT2D eigenvalue weighted by atomic mass is 16.6. The summed E-state index contributed by atoms with van der Waals surface area (Å²) in [6.07, 6.45) is 2.80. The van der Waals surface area contributed by atoms with Crippen LogP contribution in [-0.4, -0.2) is 34.7 Å². The molecule has 0 radical (unpaired) electrons. The molecule has 1 aromatic heterocycles.